The van der Waals surface area contributed by atoms with E-state index in [1.165, 1.54) is 12.8 Å². The number of rotatable bonds is 4. The zero-order chi connectivity index (χ0) is 12.9. The first-order valence-corrected chi connectivity index (χ1v) is 6.62. The number of ether oxygens (including phenoxy) is 2. The molecule has 0 atom stereocenters. The highest BCUT2D eigenvalue weighted by atomic mass is 16.5. The molecular weight excluding hydrogens is 240 g/mol. The first kappa shape index (κ1) is 12.0. The molecule has 0 amide bonds. The van der Waals surface area contributed by atoms with Crippen molar-refractivity contribution >= 4 is 0 Å². The van der Waals surface area contributed by atoms with Crippen LogP contribution in [0.15, 0.2) is 42.7 Å². The topological polar surface area (TPSA) is 44.2 Å². The van der Waals surface area contributed by atoms with Gasteiger partial charge < -0.3 is 9.47 Å². The van der Waals surface area contributed by atoms with Gasteiger partial charge in [-0.2, -0.15) is 0 Å². The molecule has 0 saturated heterocycles. The predicted octanol–water partition coefficient (Wildman–Crippen LogP) is 3.59. The lowest BCUT2D eigenvalue weighted by atomic mass is 10.3. The molecule has 0 bridgehead atoms. The van der Waals surface area contributed by atoms with Crippen LogP contribution in [0, 0.1) is 0 Å². The lowest BCUT2D eigenvalue weighted by Gasteiger charge is -2.13. The van der Waals surface area contributed by atoms with Crippen molar-refractivity contribution in [3.63, 3.8) is 0 Å². The van der Waals surface area contributed by atoms with Crippen molar-refractivity contribution in [2.75, 3.05) is 0 Å². The Morgan fingerprint density at radius 3 is 2.47 bits per heavy atom. The molecule has 3 rings (SSSR count). The Hall–Kier alpha value is -2.10. The van der Waals surface area contributed by atoms with E-state index in [9.17, 15) is 0 Å². The lowest BCUT2D eigenvalue weighted by molar-refractivity contribution is 0.209. The van der Waals surface area contributed by atoms with Crippen molar-refractivity contribution in [2.45, 2.75) is 31.8 Å². The highest BCUT2D eigenvalue weighted by Crippen LogP contribution is 2.27. The van der Waals surface area contributed by atoms with Crippen molar-refractivity contribution < 1.29 is 9.47 Å². The van der Waals surface area contributed by atoms with Gasteiger partial charge in [-0.15, -0.1) is 0 Å². The fourth-order valence-electron chi connectivity index (χ4n) is 2.25. The molecule has 1 aromatic carbocycles. The van der Waals surface area contributed by atoms with E-state index in [1.54, 1.807) is 18.5 Å². The molecule has 0 aliphatic heterocycles. The van der Waals surface area contributed by atoms with Gasteiger partial charge >= 0.3 is 6.01 Å². The summed E-state index contributed by atoms with van der Waals surface area (Å²) in [6.45, 7) is 0. The molecule has 1 saturated carbocycles. The summed E-state index contributed by atoms with van der Waals surface area (Å²) in [5, 5.41) is 0. The summed E-state index contributed by atoms with van der Waals surface area (Å²) < 4.78 is 11.5. The van der Waals surface area contributed by atoms with Crippen LogP contribution in [0.3, 0.4) is 0 Å². The van der Waals surface area contributed by atoms with Gasteiger partial charge in [0.1, 0.15) is 11.5 Å². The second-order valence-corrected chi connectivity index (χ2v) is 4.63. The lowest BCUT2D eigenvalue weighted by Crippen LogP contribution is -2.10. The number of benzene rings is 1. The first-order chi connectivity index (χ1) is 9.40. The summed E-state index contributed by atoms with van der Waals surface area (Å²) >= 11 is 0. The molecule has 4 heteroatoms. The zero-order valence-corrected chi connectivity index (χ0v) is 10.7. The average molecular weight is 256 g/mol. The van der Waals surface area contributed by atoms with Crippen LogP contribution in [0.1, 0.15) is 25.7 Å². The molecule has 1 aliphatic rings. The largest absolute Gasteiger partial charge is 0.490 e. The minimum atomic E-state index is 0.348. The van der Waals surface area contributed by atoms with Crippen LogP contribution in [0.25, 0.3) is 0 Å². The van der Waals surface area contributed by atoms with E-state index in [-0.39, 0.29) is 0 Å². The van der Waals surface area contributed by atoms with Gasteiger partial charge in [0.05, 0.1) is 6.10 Å². The SMILES string of the molecule is c1cnc(Oc2cccc(OC3CCCC3)c2)nc1. The fraction of sp³-hybridized carbons (Fsp3) is 0.333. The Morgan fingerprint density at radius 2 is 1.68 bits per heavy atom. The normalized spacial score (nSPS) is 15.4. The third kappa shape index (κ3) is 3.22. The Morgan fingerprint density at radius 1 is 0.947 bits per heavy atom. The third-order valence-electron chi connectivity index (χ3n) is 3.16. The van der Waals surface area contributed by atoms with E-state index >= 15 is 0 Å². The standard InChI is InChI=1S/C15H16N2O2/c1-2-6-12(5-1)18-13-7-3-8-14(11-13)19-15-16-9-4-10-17-15/h3-4,7-12H,1-2,5-6H2. The van der Waals surface area contributed by atoms with E-state index in [4.69, 9.17) is 9.47 Å². The summed E-state index contributed by atoms with van der Waals surface area (Å²) in [6, 6.07) is 9.74. The molecule has 0 N–H and O–H groups in total. The van der Waals surface area contributed by atoms with Gasteiger partial charge in [0.2, 0.25) is 0 Å². The molecule has 0 unspecified atom stereocenters. The Balaban J connectivity index is 1.69. The zero-order valence-electron chi connectivity index (χ0n) is 10.7. The van der Waals surface area contributed by atoms with Crippen molar-refractivity contribution in [2.24, 2.45) is 0 Å². The van der Waals surface area contributed by atoms with Crippen LogP contribution >= 0.6 is 0 Å². The van der Waals surface area contributed by atoms with Crippen molar-refractivity contribution in [1.29, 1.82) is 0 Å². The molecule has 2 aromatic rings. The van der Waals surface area contributed by atoms with Crippen LogP contribution in [0.5, 0.6) is 17.5 Å². The minimum Gasteiger partial charge on any atom is -0.490 e. The predicted molar refractivity (Wildman–Crippen MR) is 71.4 cm³/mol. The maximum Gasteiger partial charge on any atom is 0.321 e. The van der Waals surface area contributed by atoms with Gasteiger partial charge in [0.25, 0.3) is 0 Å². The summed E-state index contributed by atoms with van der Waals surface area (Å²) in [7, 11) is 0. The monoisotopic (exact) mass is 256 g/mol. The molecule has 1 aliphatic carbocycles. The number of nitrogens with zero attached hydrogens (tertiary/aromatic N) is 2. The second-order valence-electron chi connectivity index (χ2n) is 4.63. The molecular formula is C15H16N2O2. The van der Waals surface area contributed by atoms with Crippen molar-refractivity contribution in [3.05, 3.63) is 42.7 Å². The molecule has 19 heavy (non-hydrogen) atoms. The number of aromatic nitrogens is 2. The summed E-state index contributed by atoms with van der Waals surface area (Å²) in [5.74, 6) is 1.54. The maximum atomic E-state index is 5.93. The quantitative estimate of drug-likeness (QED) is 0.838. The highest BCUT2D eigenvalue weighted by molar-refractivity contribution is 5.34. The number of hydrogen-bond donors (Lipinski definition) is 0. The smallest absolute Gasteiger partial charge is 0.321 e. The molecule has 1 aromatic heterocycles. The van der Waals surface area contributed by atoms with Crippen LogP contribution in [-0.2, 0) is 0 Å². The molecule has 1 heterocycles. The second kappa shape index (κ2) is 5.69. The van der Waals surface area contributed by atoms with Crippen LogP contribution in [0.2, 0.25) is 0 Å². The van der Waals surface area contributed by atoms with E-state index < -0.39 is 0 Å². The first-order valence-electron chi connectivity index (χ1n) is 6.62. The van der Waals surface area contributed by atoms with Gasteiger partial charge in [0, 0.05) is 18.5 Å². The maximum absolute atomic E-state index is 5.93. The van der Waals surface area contributed by atoms with Crippen LogP contribution < -0.4 is 9.47 Å². The summed E-state index contributed by atoms with van der Waals surface area (Å²) in [4.78, 5) is 8.07. The minimum absolute atomic E-state index is 0.348. The number of hydrogen-bond acceptors (Lipinski definition) is 4. The molecule has 98 valence electrons. The average Bonchev–Trinajstić information content (AvgIpc) is 2.93. The Kier molecular flexibility index (Phi) is 3.58. The van der Waals surface area contributed by atoms with Gasteiger partial charge in [-0.1, -0.05) is 6.07 Å². The molecule has 0 spiro atoms. The van der Waals surface area contributed by atoms with Crippen molar-refractivity contribution in [3.8, 4) is 17.5 Å². The van der Waals surface area contributed by atoms with E-state index in [2.05, 4.69) is 9.97 Å². The molecule has 4 nitrogen and oxygen atoms in total. The van der Waals surface area contributed by atoms with Gasteiger partial charge in [0.15, 0.2) is 0 Å². The van der Waals surface area contributed by atoms with E-state index in [1.807, 2.05) is 24.3 Å². The van der Waals surface area contributed by atoms with Crippen LogP contribution in [-0.4, -0.2) is 16.1 Å². The van der Waals surface area contributed by atoms with Gasteiger partial charge in [-0.25, -0.2) is 9.97 Å². The van der Waals surface area contributed by atoms with Gasteiger partial charge in [-0.05, 0) is 43.9 Å². The molecule has 1 fully saturated rings. The Bertz CT molecular complexity index is 525. The third-order valence-corrected chi connectivity index (χ3v) is 3.16. The van der Waals surface area contributed by atoms with E-state index in [0.717, 1.165) is 18.6 Å². The van der Waals surface area contributed by atoms with E-state index in [0.29, 0.717) is 17.9 Å². The summed E-state index contributed by atoms with van der Waals surface area (Å²) in [5.41, 5.74) is 0. The Labute approximate surface area is 112 Å². The van der Waals surface area contributed by atoms with Crippen LogP contribution in [0.4, 0.5) is 0 Å². The van der Waals surface area contributed by atoms with Crippen molar-refractivity contribution in [1.82, 2.24) is 9.97 Å². The van der Waals surface area contributed by atoms with Gasteiger partial charge in [-0.3, -0.25) is 0 Å². The fourth-order valence-corrected chi connectivity index (χ4v) is 2.25. The highest BCUT2D eigenvalue weighted by Gasteiger charge is 2.16. The summed E-state index contributed by atoms with van der Waals surface area (Å²) in [6.07, 6.45) is 8.47. The molecule has 0 radical (unpaired) electrons.